The van der Waals surface area contributed by atoms with Crippen LogP contribution in [-0.2, 0) is 16.5 Å². The molecule has 3 atom stereocenters. The summed E-state index contributed by atoms with van der Waals surface area (Å²) in [6.45, 7) is 2.75. The minimum atomic E-state index is -2.96. The van der Waals surface area contributed by atoms with E-state index in [0.29, 0.717) is 46.5 Å². The fourth-order valence-corrected chi connectivity index (χ4v) is 11.1. The third-order valence-corrected chi connectivity index (χ3v) is 14.5. The van der Waals surface area contributed by atoms with Crippen molar-refractivity contribution in [2.45, 2.75) is 75.0 Å². The third kappa shape index (κ3) is 6.67. The Morgan fingerprint density at radius 3 is 2.30 bits per heavy atom. The molecule has 2 bridgehead atoms. The highest BCUT2D eigenvalue weighted by Crippen LogP contribution is 2.61. The van der Waals surface area contributed by atoms with E-state index in [1.807, 2.05) is 11.9 Å². The van der Waals surface area contributed by atoms with E-state index in [-0.39, 0.29) is 82.6 Å². The van der Waals surface area contributed by atoms with Gasteiger partial charge in [0.2, 0.25) is 0 Å². The summed E-state index contributed by atoms with van der Waals surface area (Å²) < 4.78 is 82.8. The van der Waals surface area contributed by atoms with Crippen molar-refractivity contribution in [3.8, 4) is 35.2 Å². The lowest BCUT2D eigenvalue weighted by molar-refractivity contribution is -0.00634. The summed E-state index contributed by atoms with van der Waals surface area (Å²) in [6, 6.07) is 6.02. The first-order valence-corrected chi connectivity index (χ1v) is 21.3. The van der Waals surface area contributed by atoms with Gasteiger partial charge in [-0.05, 0) is 86.6 Å². The van der Waals surface area contributed by atoms with Crippen LogP contribution >= 0.6 is 0 Å². The normalized spacial score (nSPS) is 28.1. The van der Waals surface area contributed by atoms with E-state index in [1.54, 1.807) is 32.1 Å². The lowest BCUT2D eigenvalue weighted by Crippen LogP contribution is -2.59. The van der Waals surface area contributed by atoms with E-state index in [9.17, 15) is 5.11 Å². The van der Waals surface area contributed by atoms with Crippen LogP contribution < -0.4 is 9.64 Å². The molecule has 1 N–H and O–H groups in total. The van der Waals surface area contributed by atoms with Crippen LogP contribution in [0.5, 0.6) is 11.8 Å². The predicted octanol–water partition coefficient (Wildman–Crippen LogP) is 7.14. The fraction of sp³-hybridized carbons (Fsp3) is 0.543. The van der Waals surface area contributed by atoms with Crippen LogP contribution in [0.4, 0.5) is 23.4 Å². The van der Waals surface area contributed by atoms with Gasteiger partial charge in [-0.1, -0.05) is 12.0 Å². The molecule has 2 saturated heterocycles. The number of aryl methyl sites for hydroxylation is 1. The minimum absolute atomic E-state index is 0.0378. The highest BCUT2D eigenvalue weighted by Gasteiger charge is 2.72. The molecule has 11 nitrogen and oxygen atoms in total. The van der Waals surface area contributed by atoms with E-state index in [4.69, 9.17) is 35.7 Å². The second kappa shape index (κ2) is 15.0. The zero-order valence-corrected chi connectivity index (χ0v) is 34.9. The van der Waals surface area contributed by atoms with E-state index in [2.05, 4.69) is 15.7 Å². The number of ether oxygens (including phenoxy) is 3. The van der Waals surface area contributed by atoms with Gasteiger partial charge in [0.05, 0.1) is 16.4 Å². The number of fused-ring (bicyclic) bond motifs is 6. The zero-order chi connectivity index (χ0) is 42.5. The molecule has 2 aliphatic heterocycles. The molecular formula is C46H51F4N7O4. The summed E-state index contributed by atoms with van der Waals surface area (Å²) in [5.74, 6) is -0.773. The molecule has 3 saturated carbocycles. The molecule has 4 heterocycles. The topological polar surface area (TPSA) is 101 Å². The van der Waals surface area contributed by atoms with Gasteiger partial charge >= 0.3 is 6.01 Å². The average molecular weight is 842 g/mol. The smallest absolute Gasteiger partial charge is 0.319 e. The predicted molar refractivity (Wildman–Crippen MR) is 224 cm³/mol. The lowest BCUT2D eigenvalue weighted by atomic mass is 9.79. The lowest BCUT2D eigenvalue weighted by Gasteiger charge is -2.49. The van der Waals surface area contributed by atoms with Gasteiger partial charge in [0.15, 0.2) is 5.82 Å². The van der Waals surface area contributed by atoms with E-state index >= 15 is 17.6 Å². The first kappa shape index (κ1) is 40.3. The number of hydrogen-bond donors (Lipinski definition) is 1. The number of piperazine rings is 1. The molecule has 0 spiro atoms. The maximum Gasteiger partial charge on any atom is 0.319 e. The molecule has 15 heteroatoms. The average Bonchev–Trinajstić information content (AvgIpc) is 3.37. The van der Waals surface area contributed by atoms with Crippen LogP contribution in [-0.4, -0.2) is 125 Å². The SMILES string of the molecule is C#Cc1c(F)ccc2cc(O)cc(-c3c(F)c4nc(OC[C@]5(CN(C)C6CC(COC)C6)CC5(F)F)nc(N5[C@@H]6CC[C@H]5CN(C5CC(COC)C5)C6)c4c4cn(C)nc34)c12. The van der Waals surface area contributed by atoms with E-state index in [1.165, 1.54) is 24.3 Å². The number of nitrogens with zero attached hydrogens (tertiary/aromatic N) is 7. The molecule has 322 valence electrons. The van der Waals surface area contributed by atoms with Crippen LogP contribution in [0.2, 0.25) is 0 Å². The Morgan fingerprint density at radius 2 is 1.64 bits per heavy atom. The molecule has 61 heavy (non-hydrogen) atoms. The molecule has 0 unspecified atom stereocenters. The van der Waals surface area contributed by atoms with Crippen molar-refractivity contribution in [3.05, 3.63) is 47.7 Å². The monoisotopic (exact) mass is 841 g/mol. The number of hydrogen-bond acceptors (Lipinski definition) is 10. The van der Waals surface area contributed by atoms with Crippen molar-refractivity contribution in [1.29, 1.82) is 0 Å². The van der Waals surface area contributed by atoms with Gasteiger partial charge in [0.1, 0.15) is 35.0 Å². The zero-order valence-electron chi connectivity index (χ0n) is 34.9. The van der Waals surface area contributed by atoms with Crippen molar-refractivity contribution in [3.63, 3.8) is 0 Å². The molecular weight excluding hydrogens is 791 g/mol. The van der Waals surface area contributed by atoms with Gasteiger partial charge in [-0.25, -0.2) is 17.6 Å². The highest BCUT2D eigenvalue weighted by atomic mass is 19.3. The number of likely N-dealkylation sites (tertiary alicyclic amines) is 1. The summed E-state index contributed by atoms with van der Waals surface area (Å²) in [4.78, 5) is 16.6. The van der Waals surface area contributed by atoms with E-state index < -0.39 is 23.0 Å². The highest BCUT2D eigenvalue weighted by molar-refractivity contribution is 6.18. The Kier molecular flexibility index (Phi) is 9.89. The van der Waals surface area contributed by atoms with Crippen LogP contribution in [0.25, 0.3) is 43.7 Å². The number of methoxy groups -OCH3 is 2. The van der Waals surface area contributed by atoms with Gasteiger partial charge in [0, 0.05) is 107 Å². The number of benzene rings is 3. The minimum Gasteiger partial charge on any atom is -0.508 e. The van der Waals surface area contributed by atoms with Crippen molar-refractivity contribution in [2.75, 3.05) is 65.6 Å². The number of alkyl halides is 2. The molecule has 0 amide bonds. The molecule has 2 aromatic heterocycles. The Hall–Kier alpha value is -4.75. The third-order valence-electron chi connectivity index (χ3n) is 14.5. The Labute approximate surface area is 351 Å². The fourth-order valence-electron chi connectivity index (χ4n) is 11.1. The number of phenols is 1. The Morgan fingerprint density at radius 1 is 0.951 bits per heavy atom. The number of rotatable bonds is 13. The Bertz CT molecular complexity index is 2570. The number of anilines is 1. The van der Waals surface area contributed by atoms with Crippen molar-refractivity contribution in [2.24, 2.45) is 24.3 Å². The van der Waals surface area contributed by atoms with Crippen LogP contribution in [0, 0.1) is 41.2 Å². The molecule has 0 radical (unpaired) electrons. The second-order valence-corrected chi connectivity index (χ2v) is 18.5. The first-order chi connectivity index (χ1) is 29.3. The quantitative estimate of drug-likeness (QED) is 0.0974. The summed E-state index contributed by atoms with van der Waals surface area (Å²) in [5.41, 5.74) is -1.30. The van der Waals surface area contributed by atoms with Crippen molar-refractivity contribution < 1.29 is 36.9 Å². The van der Waals surface area contributed by atoms with Crippen LogP contribution in [0.1, 0.15) is 50.5 Å². The number of phenolic OH excluding ortho intramolecular Hbond substituents is 1. The van der Waals surface area contributed by atoms with Crippen LogP contribution in [0.3, 0.4) is 0 Å². The van der Waals surface area contributed by atoms with Crippen LogP contribution in [0.15, 0.2) is 30.5 Å². The van der Waals surface area contributed by atoms with Gasteiger partial charge in [-0.2, -0.15) is 15.1 Å². The summed E-state index contributed by atoms with van der Waals surface area (Å²) in [6.07, 6.45) is 13.0. The van der Waals surface area contributed by atoms with Gasteiger partial charge < -0.3 is 29.1 Å². The Balaban J connectivity index is 1.09. The number of aromatic hydroxyl groups is 1. The molecule has 5 aliphatic rings. The van der Waals surface area contributed by atoms with Crippen molar-refractivity contribution >= 4 is 38.4 Å². The molecule has 10 rings (SSSR count). The number of aromatic nitrogens is 4. The summed E-state index contributed by atoms with van der Waals surface area (Å²) in [7, 11) is 7.02. The van der Waals surface area contributed by atoms with Gasteiger partial charge in [0.25, 0.3) is 5.92 Å². The second-order valence-electron chi connectivity index (χ2n) is 18.5. The van der Waals surface area contributed by atoms with E-state index in [0.717, 1.165) is 58.2 Å². The molecule has 3 aromatic carbocycles. The largest absolute Gasteiger partial charge is 0.508 e. The summed E-state index contributed by atoms with van der Waals surface area (Å²) >= 11 is 0. The maximum atomic E-state index is 18.0. The maximum absolute atomic E-state index is 18.0. The molecule has 5 fully saturated rings. The molecule has 3 aliphatic carbocycles. The first-order valence-electron chi connectivity index (χ1n) is 21.3. The summed E-state index contributed by atoms with van der Waals surface area (Å²) in [5, 5.41) is 17.3. The standard InChI is InChI=1S/C46H51F4N7O4/c1-6-33-36(47)10-7-27-15-32(58)16-34(37(27)33)38-40(48)42-39(35-19-55(3)53-41(35)38)43(57-28-8-9-29(57)18-56(17-28)31-13-26(14-31)21-60-5)52-44(51-42)61-24-45(22-46(45,49)50)23-54(2)30-11-25(12-30)20-59-4/h1,7,10,15-16,19,25-26,28-31,58H,8-9,11-14,17-18,20-24H2,2-5H3/t25?,26?,28-,29+,30?,31?,45-/m1/s1. The molecule has 5 aromatic rings. The number of terminal acetylenes is 1. The van der Waals surface area contributed by atoms with Gasteiger partial charge in [-0.3, -0.25) is 9.58 Å². The van der Waals surface area contributed by atoms with Crippen molar-refractivity contribution in [1.82, 2.24) is 29.5 Å². The van der Waals surface area contributed by atoms with Gasteiger partial charge in [-0.15, -0.1) is 6.42 Å². The number of halogens is 4.